The van der Waals surface area contributed by atoms with Gasteiger partial charge in [-0.25, -0.2) is 0 Å². The Labute approximate surface area is 166 Å². The van der Waals surface area contributed by atoms with Crippen LogP contribution in [-0.4, -0.2) is 27.2 Å². The van der Waals surface area contributed by atoms with Crippen molar-refractivity contribution in [3.05, 3.63) is 58.7 Å². The molecule has 27 heavy (non-hydrogen) atoms. The van der Waals surface area contributed by atoms with E-state index in [1.165, 1.54) is 22.0 Å². The number of aliphatic imine (C=N–C) groups is 1. The molecule has 0 amide bonds. The van der Waals surface area contributed by atoms with Crippen LogP contribution in [0.1, 0.15) is 48.9 Å². The first-order valence-corrected chi connectivity index (χ1v) is 10.5. The lowest BCUT2D eigenvalue weighted by Gasteiger charge is -2.35. The molecule has 0 saturated heterocycles. The van der Waals surface area contributed by atoms with Crippen LogP contribution < -0.4 is 10.0 Å². The third kappa shape index (κ3) is 4.97. The topological polar surface area (TPSA) is 30.8 Å². The maximum Gasteiger partial charge on any atom is 0.188 e. The molecule has 0 aromatic heterocycles. The van der Waals surface area contributed by atoms with Crippen molar-refractivity contribution in [2.24, 2.45) is 4.99 Å². The Kier molecular flexibility index (Phi) is 8.01. The van der Waals surface area contributed by atoms with Gasteiger partial charge in [0.15, 0.2) is 6.79 Å². The summed E-state index contributed by atoms with van der Waals surface area (Å²) in [6.45, 7) is 9.06. The molecular formula is C23H32NO2P. The van der Waals surface area contributed by atoms with Gasteiger partial charge in [0.05, 0.1) is 0 Å². The number of methoxy groups -OCH3 is 1. The second-order valence-corrected chi connectivity index (χ2v) is 8.64. The molecular weight excluding hydrogens is 353 g/mol. The van der Waals surface area contributed by atoms with Crippen LogP contribution in [0, 0.1) is 13.8 Å². The van der Waals surface area contributed by atoms with Gasteiger partial charge in [-0.1, -0.05) is 58.3 Å². The first-order chi connectivity index (χ1) is 13.0. The van der Waals surface area contributed by atoms with Crippen LogP contribution in [0.3, 0.4) is 0 Å². The van der Waals surface area contributed by atoms with Gasteiger partial charge in [-0.05, 0) is 49.2 Å². The quantitative estimate of drug-likeness (QED) is 0.331. The number of rotatable bonds is 9. The van der Waals surface area contributed by atoms with E-state index in [4.69, 9.17) is 9.47 Å². The summed E-state index contributed by atoms with van der Waals surface area (Å²) >= 11 is 0. The van der Waals surface area contributed by atoms with Gasteiger partial charge in [0.2, 0.25) is 0 Å². The van der Waals surface area contributed by atoms with E-state index in [-0.39, 0.29) is 11.9 Å². The standard InChI is InChI=1S/C23H32NO2P/c1-7-23(8-2,20-11-9-10-18(4)22(20)26-16-25-6)27-21-13-12-17(3)14-19(21)15-24-5/h9-15,27H,7-8,16H2,1-6H3. The van der Waals surface area contributed by atoms with Crippen molar-refractivity contribution in [3.8, 4) is 5.75 Å². The minimum atomic E-state index is 0.0285. The fraction of sp³-hybridized carbons (Fsp3) is 0.435. The van der Waals surface area contributed by atoms with E-state index in [1.807, 2.05) is 13.3 Å². The van der Waals surface area contributed by atoms with Crippen molar-refractivity contribution in [1.29, 1.82) is 0 Å². The van der Waals surface area contributed by atoms with Gasteiger partial charge >= 0.3 is 0 Å². The van der Waals surface area contributed by atoms with Crippen LogP contribution in [0.15, 0.2) is 41.4 Å². The molecule has 0 radical (unpaired) electrons. The van der Waals surface area contributed by atoms with Crippen LogP contribution in [0.25, 0.3) is 0 Å². The molecule has 0 heterocycles. The zero-order chi connectivity index (χ0) is 19.9. The Balaban J connectivity index is 2.56. The largest absolute Gasteiger partial charge is 0.467 e. The third-order valence-corrected chi connectivity index (χ3v) is 7.28. The zero-order valence-corrected chi connectivity index (χ0v) is 18.4. The molecule has 0 bridgehead atoms. The van der Waals surface area contributed by atoms with E-state index >= 15 is 0 Å². The Morgan fingerprint density at radius 2 is 1.85 bits per heavy atom. The minimum absolute atomic E-state index is 0.0285. The lowest BCUT2D eigenvalue weighted by atomic mass is 9.90. The Morgan fingerprint density at radius 1 is 1.11 bits per heavy atom. The fourth-order valence-electron chi connectivity index (χ4n) is 3.51. The van der Waals surface area contributed by atoms with Gasteiger partial charge in [0, 0.05) is 31.1 Å². The van der Waals surface area contributed by atoms with Crippen molar-refractivity contribution in [2.45, 2.75) is 45.7 Å². The number of benzene rings is 2. The smallest absolute Gasteiger partial charge is 0.188 e. The summed E-state index contributed by atoms with van der Waals surface area (Å²) in [5.74, 6) is 0.966. The van der Waals surface area contributed by atoms with Crippen LogP contribution >= 0.6 is 8.58 Å². The first kappa shape index (κ1) is 21.6. The highest BCUT2D eigenvalue weighted by Crippen LogP contribution is 2.50. The third-order valence-electron chi connectivity index (χ3n) is 5.10. The SMILES string of the molecule is CCC(CC)(Pc1ccc(C)cc1C=NC)c1cccc(C)c1OCOC. The number of hydrogen-bond acceptors (Lipinski definition) is 3. The maximum atomic E-state index is 6.02. The predicted octanol–water partition coefficient (Wildman–Crippen LogP) is 5.35. The van der Waals surface area contributed by atoms with Gasteiger partial charge in [0.25, 0.3) is 0 Å². The monoisotopic (exact) mass is 385 g/mol. The summed E-state index contributed by atoms with van der Waals surface area (Å²) in [6.07, 6.45) is 4.07. The predicted molar refractivity (Wildman–Crippen MR) is 119 cm³/mol. The molecule has 0 fully saturated rings. The van der Waals surface area contributed by atoms with Gasteiger partial charge in [0.1, 0.15) is 5.75 Å². The van der Waals surface area contributed by atoms with Gasteiger partial charge in [-0.15, -0.1) is 0 Å². The van der Waals surface area contributed by atoms with Crippen molar-refractivity contribution in [3.63, 3.8) is 0 Å². The normalized spacial score (nSPS) is 12.4. The highest BCUT2D eigenvalue weighted by atomic mass is 31.1. The van der Waals surface area contributed by atoms with E-state index < -0.39 is 0 Å². The molecule has 146 valence electrons. The Bertz CT molecular complexity index is 782. The molecule has 0 aliphatic heterocycles. The molecule has 1 unspecified atom stereocenters. The second kappa shape index (κ2) is 10.0. The van der Waals surface area contributed by atoms with Gasteiger partial charge < -0.3 is 9.47 Å². The van der Waals surface area contributed by atoms with E-state index in [2.05, 4.69) is 69.1 Å². The Hall–Kier alpha value is -1.70. The van der Waals surface area contributed by atoms with Crippen molar-refractivity contribution in [2.75, 3.05) is 21.0 Å². The van der Waals surface area contributed by atoms with Gasteiger partial charge in [-0.3, -0.25) is 4.99 Å². The summed E-state index contributed by atoms with van der Waals surface area (Å²) in [4.78, 5) is 4.27. The van der Waals surface area contributed by atoms with E-state index in [0.717, 1.165) is 24.2 Å². The number of ether oxygens (including phenoxy) is 2. The molecule has 2 aromatic rings. The molecule has 0 aliphatic carbocycles. The first-order valence-electron chi connectivity index (χ1n) is 9.54. The van der Waals surface area contributed by atoms with Crippen molar-refractivity contribution < 1.29 is 9.47 Å². The van der Waals surface area contributed by atoms with Crippen LogP contribution in [-0.2, 0) is 9.89 Å². The van der Waals surface area contributed by atoms with Crippen molar-refractivity contribution >= 4 is 20.1 Å². The second-order valence-electron chi connectivity index (χ2n) is 6.89. The molecule has 1 atom stereocenters. The molecule has 0 N–H and O–H groups in total. The molecule has 0 spiro atoms. The number of aryl methyl sites for hydroxylation is 2. The molecule has 3 nitrogen and oxygen atoms in total. The summed E-state index contributed by atoms with van der Waals surface area (Å²) in [7, 11) is 4.13. The fourth-order valence-corrected chi connectivity index (χ4v) is 5.16. The van der Waals surface area contributed by atoms with E-state index in [9.17, 15) is 0 Å². The van der Waals surface area contributed by atoms with Crippen LogP contribution in [0.2, 0.25) is 0 Å². The number of para-hydroxylation sites is 1. The summed E-state index contributed by atoms with van der Waals surface area (Å²) in [5, 5.41) is 1.38. The molecule has 0 aliphatic rings. The van der Waals surface area contributed by atoms with Crippen molar-refractivity contribution in [1.82, 2.24) is 0 Å². The molecule has 2 rings (SSSR count). The maximum absolute atomic E-state index is 6.02. The number of hydrogen-bond donors (Lipinski definition) is 0. The summed E-state index contributed by atoms with van der Waals surface area (Å²) in [5.41, 5.74) is 4.91. The number of nitrogens with zero attached hydrogens (tertiary/aromatic N) is 1. The molecule has 0 saturated carbocycles. The van der Waals surface area contributed by atoms with Crippen LogP contribution in [0.5, 0.6) is 5.75 Å². The van der Waals surface area contributed by atoms with Crippen LogP contribution in [0.4, 0.5) is 0 Å². The van der Waals surface area contributed by atoms with E-state index in [1.54, 1.807) is 7.11 Å². The average molecular weight is 385 g/mol. The average Bonchev–Trinajstić information content (AvgIpc) is 2.67. The summed E-state index contributed by atoms with van der Waals surface area (Å²) < 4.78 is 11.2. The molecule has 4 heteroatoms. The highest BCUT2D eigenvalue weighted by molar-refractivity contribution is 7.48. The molecule has 2 aromatic carbocycles. The van der Waals surface area contributed by atoms with Gasteiger partial charge in [-0.2, -0.15) is 0 Å². The Morgan fingerprint density at radius 3 is 2.48 bits per heavy atom. The highest BCUT2D eigenvalue weighted by Gasteiger charge is 2.33. The minimum Gasteiger partial charge on any atom is -0.467 e. The van der Waals surface area contributed by atoms with E-state index in [0.29, 0.717) is 8.58 Å². The summed E-state index contributed by atoms with van der Waals surface area (Å²) in [6, 6.07) is 13.2. The lowest BCUT2D eigenvalue weighted by Crippen LogP contribution is -2.24. The zero-order valence-electron chi connectivity index (χ0n) is 17.4. The lowest BCUT2D eigenvalue weighted by molar-refractivity contribution is 0.0494.